The van der Waals surface area contributed by atoms with Crippen molar-refractivity contribution >= 4 is 18.5 Å². The Bertz CT molecular complexity index is 746. The highest BCUT2D eigenvalue weighted by atomic mass is 16.7. The van der Waals surface area contributed by atoms with Gasteiger partial charge in [0.2, 0.25) is 0 Å². The number of nitrogens with one attached hydrogen (secondary N) is 1. The molecule has 1 N–H and O–H groups in total. The van der Waals surface area contributed by atoms with E-state index in [9.17, 15) is 4.79 Å². The van der Waals surface area contributed by atoms with E-state index in [0.29, 0.717) is 17.6 Å². The zero-order valence-corrected chi connectivity index (χ0v) is 15.1. The highest BCUT2D eigenvalue weighted by Gasteiger charge is 2.52. The van der Waals surface area contributed by atoms with Crippen molar-refractivity contribution < 1.29 is 14.1 Å². The molecule has 1 fully saturated rings. The molecule has 1 aromatic heterocycles. The number of hydrogen-bond acceptors (Lipinski definition) is 4. The summed E-state index contributed by atoms with van der Waals surface area (Å²) in [5.41, 5.74) is 1.28. The third kappa shape index (κ3) is 3.60. The summed E-state index contributed by atoms with van der Waals surface area (Å²) < 4.78 is 12.1. The molecule has 0 bridgehead atoms. The van der Waals surface area contributed by atoms with Crippen LogP contribution in [0.2, 0.25) is 0 Å². The van der Waals surface area contributed by atoms with Gasteiger partial charge in [0.25, 0.3) is 5.91 Å². The van der Waals surface area contributed by atoms with Crippen LogP contribution in [-0.4, -0.2) is 29.2 Å². The highest BCUT2D eigenvalue weighted by Crippen LogP contribution is 2.36. The Morgan fingerprint density at radius 1 is 1.08 bits per heavy atom. The molecule has 5 nitrogen and oxygen atoms in total. The van der Waals surface area contributed by atoms with Gasteiger partial charge in [0.1, 0.15) is 0 Å². The SMILES string of the molecule is CC1(C)OB(c2ccncc2C(=O)NCc2ccccc2)OC1(C)C. The number of aromatic nitrogens is 1. The minimum absolute atomic E-state index is 0.193. The summed E-state index contributed by atoms with van der Waals surface area (Å²) in [5.74, 6) is -0.193. The lowest BCUT2D eigenvalue weighted by atomic mass is 9.76. The predicted molar refractivity (Wildman–Crippen MR) is 97.6 cm³/mol. The van der Waals surface area contributed by atoms with Crippen LogP contribution >= 0.6 is 0 Å². The molecular formula is C19H23BN2O3. The van der Waals surface area contributed by atoms with Crippen molar-refractivity contribution in [1.82, 2.24) is 10.3 Å². The Labute approximate surface area is 148 Å². The second-order valence-electron chi connectivity index (χ2n) is 7.22. The third-order valence-electron chi connectivity index (χ3n) is 4.90. The first-order valence-electron chi connectivity index (χ1n) is 8.42. The number of carbonyl (C=O) groups excluding carboxylic acids is 1. The average Bonchev–Trinajstić information content (AvgIpc) is 2.81. The summed E-state index contributed by atoms with van der Waals surface area (Å²) in [6, 6.07) is 11.6. The molecule has 1 aliphatic rings. The van der Waals surface area contributed by atoms with Gasteiger partial charge in [-0.3, -0.25) is 9.78 Å². The molecule has 25 heavy (non-hydrogen) atoms. The van der Waals surface area contributed by atoms with Crippen LogP contribution in [0.4, 0.5) is 0 Å². The van der Waals surface area contributed by atoms with Crippen molar-refractivity contribution in [3.05, 3.63) is 59.9 Å². The number of carbonyl (C=O) groups is 1. The highest BCUT2D eigenvalue weighted by molar-refractivity contribution is 6.63. The Kier molecular flexibility index (Phi) is 4.67. The van der Waals surface area contributed by atoms with E-state index in [-0.39, 0.29) is 5.91 Å². The summed E-state index contributed by atoms with van der Waals surface area (Å²) in [6.07, 6.45) is 3.20. The van der Waals surface area contributed by atoms with E-state index < -0.39 is 18.3 Å². The van der Waals surface area contributed by atoms with Crippen LogP contribution in [0.3, 0.4) is 0 Å². The van der Waals surface area contributed by atoms with Gasteiger partial charge in [-0.15, -0.1) is 0 Å². The molecule has 2 aromatic rings. The second-order valence-corrected chi connectivity index (χ2v) is 7.22. The van der Waals surface area contributed by atoms with Gasteiger partial charge in [0.15, 0.2) is 0 Å². The largest absolute Gasteiger partial charge is 0.495 e. The summed E-state index contributed by atoms with van der Waals surface area (Å²) in [6.45, 7) is 8.41. The van der Waals surface area contributed by atoms with E-state index in [1.165, 1.54) is 0 Å². The lowest BCUT2D eigenvalue weighted by molar-refractivity contribution is 0.00578. The topological polar surface area (TPSA) is 60.5 Å². The monoisotopic (exact) mass is 338 g/mol. The van der Waals surface area contributed by atoms with Crippen molar-refractivity contribution in [3.8, 4) is 0 Å². The van der Waals surface area contributed by atoms with Gasteiger partial charge in [-0.25, -0.2) is 0 Å². The Morgan fingerprint density at radius 2 is 1.72 bits per heavy atom. The standard InChI is InChI=1S/C19H23BN2O3/c1-18(2)19(3,4)25-20(24-18)16-10-11-21-13-15(16)17(23)22-12-14-8-6-5-7-9-14/h5-11,13H,12H2,1-4H3,(H,22,23). The first-order chi connectivity index (χ1) is 11.8. The van der Waals surface area contributed by atoms with E-state index >= 15 is 0 Å². The van der Waals surface area contributed by atoms with E-state index in [2.05, 4.69) is 10.3 Å². The maximum absolute atomic E-state index is 12.7. The van der Waals surface area contributed by atoms with Crippen molar-refractivity contribution in [3.63, 3.8) is 0 Å². The van der Waals surface area contributed by atoms with Crippen LogP contribution in [0.15, 0.2) is 48.8 Å². The lowest BCUT2D eigenvalue weighted by Gasteiger charge is -2.32. The van der Waals surface area contributed by atoms with E-state index in [1.807, 2.05) is 58.0 Å². The fourth-order valence-electron chi connectivity index (χ4n) is 2.64. The molecule has 0 aliphatic carbocycles. The molecule has 0 radical (unpaired) electrons. The number of amides is 1. The molecule has 0 atom stereocenters. The fraction of sp³-hybridized carbons (Fsp3) is 0.368. The van der Waals surface area contributed by atoms with Crippen molar-refractivity contribution in [2.75, 3.05) is 0 Å². The Morgan fingerprint density at radius 3 is 2.36 bits per heavy atom. The summed E-state index contributed by atoms with van der Waals surface area (Å²) >= 11 is 0. The minimum Gasteiger partial charge on any atom is -0.399 e. The summed E-state index contributed by atoms with van der Waals surface area (Å²) in [4.78, 5) is 16.7. The molecule has 0 spiro atoms. The van der Waals surface area contributed by atoms with Gasteiger partial charge in [-0.05, 0) is 44.8 Å². The summed E-state index contributed by atoms with van der Waals surface area (Å²) in [5, 5.41) is 2.93. The number of benzene rings is 1. The Hall–Kier alpha value is -2.18. The van der Waals surface area contributed by atoms with E-state index in [4.69, 9.17) is 9.31 Å². The third-order valence-corrected chi connectivity index (χ3v) is 4.90. The molecule has 130 valence electrons. The van der Waals surface area contributed by atoms with Crippen LogP contribution in [0.1, 0.15) is 43.6 Å². The summed E-state index contributed by atoms with van der Waals surface area (Å²) in [7, 11) is -0.592. The molecule has 0 unspecified atom stereocenters. The minimum atomic E-state index is -0.592. The first-order valence-corrected chi connectivity index (χ1v) is 8.42. The molecule has 6 heteroatoms. The zero-order valence-electron chi connectivity index (χ0n) is 15.1. The van der Waals surface area contributed by atoms with Crippen LogP contribution < -0.4 is 10.8 Å². The van der Waals surface area contributed by atoms with E-state index in [0.717, 1.165) is 5.56 Å². The molecule has 1 aromatic carbocycles. The smallest absolute Gasteiger partial charge is 0.399 e. The first kappa shape index (κ1) is 17.6. The molecule has 2 heterocycles. The molecule has 3 rings (SSSR count). The Balaban J connectivity index is 1.78. The van der Waals surface area contributed by atoms with Crippen LogP contribution in [-0.2, 0) is 15.9 Å². The number of nitrogens with zero attached hydrogens (tertiary/aromatic N) is 1. The van der Waals surface area contributed by atoms with Gasteiger partial charge in [0, 0.05) is 18.9 Å². The maximum Gasteiger partial charge on any atom is 0.495 e. The van der Waals surface area contributed by atoms with Gasteiger partial charge in [0.05, 0.1) is 16.8 Å². The molecule has 0 saturated carbocycles. The molecule has 1 saturated heterocycles. The molecule has 1 aliphatic heterocycles. The van der Waals surface area contributed by atoms with Gasteiger partial charge in [-0.1, -0.05) is 30.3 Å². The van der Waals surface area contributed by atoms with Gasteiger partial charge >= 0.3 is 7.12 Å². The van der Waals surface area contributed by atoms with Gasteiger partial charge < -0.3 is 14.6 Å². The van der Waals surface area contributed by atoms with Crippen LogP contribution in [0.5, 0.6) is 0 Å². The fourth-order valence-corrected chi connectivity index (χ4v) is 2.64. The number of rotatable bonds is 4. The second kappa shape index (κ2) is 6.62. The lowest BCUT2D eigenvalue weighted by Crippen LogP contribution is -2.41. The quantitative estimate of drug-likeness (QED) is 0.869. The van der Waals surface area contributed by atoms with Gasteiger partial charge in [-0.2, -0.15) is 0 Å². The average molecular weight is 338 g/mol. The molecular weight excluding hydrogens is 315 g/mol. The number of pyridine rings is 1. The number of hydrogen-bond donors (Lipinski definition) is 1. The van der Waals surface area contributed by atoms with Crippen LogP contribution in [0, 0.1) is 0 Å². The zero-order chi connectivity index (χ0) is 18.1. The molecule has 1 amide bonds. The van der Waals surface area contributed by atoms with Crippen molar-refractivity contribution in [1.29, 1.82) is 0 Å². The van der Waals surface area contributed by atoms with Crippen LogP contribution in [0.25, 0.3) is 0 Å². The maximum atomic E-state index is 12.7. The van der Waals surface area contributed by atoms with Crippen molar-refractivity contribution in [2.45, 2.75) is 45.4 Å². The predicted octanol–water partition coefficient (Wildman–Crippen LogP) is 2.31. The van der Waals surface area contributed by atoms with Crippen molar-refractivity contribution in [2.24, 2.45) is 0 Å². The normalized spacial score (nSPS) is 18.2. The van der Waals surface area contributed by atoms with E-state index in [1.54, 1.807) is 18.5 Å².